The van der Waals surface area contributed by atoms with Gasteiger partial charge in [-0.2, -0.15) is 0 Å². The van der Waals surface area contributed by atoms with Crippen LogP contribution in [0.5, 0.6) is 5.75 Å². The summed E-state index contributed by atoms with van der Waals surface area (Å²) in [5.74, 6) is 1.40. The molecule has 0 aliphatic heterocycles. The molecular weight excluding hydrogens is 288 g/mol. The van der Waals surface area contributed by atoms with Crippen LogP contribution in [-0.2, 0) is 0 Å². The second kappa shape index (κ2) is 9.56. The molecule has 0 radical (unpaired) electrons. The van der Waals surface area contributed by atoms with Crippen LogP contribution in [0.1, 0.15) is 57.3 Å². The Kier molecular flexibility index (Phi) is 8.10. The van der Waals surface area contributed by atoms with E-state index in [1.807, 2.05) is 12.1 Å². The zero-order valence-corrected chi connectivity index (χ0v) is 15.2. The zero-order valence-electron chi connectivity index (χ0n) is 15.2. The van der Waals surface area contributed by atoms with Gasteiger partial charge in [0.05, 0.1) is 0 Å². The summed E-state index contributed by atoms with van der Waals surface area (Å²) in [6, 6.07) is 7.17. The molecule has 1 aromatic rings. The van der Waals surface area contributed by atoms with Crippen molar-refractivity contribution in [1.29, 1.82) is 0 Å². The summed E-state index contributed by atoms with van der Waals surface area (Å²) in [7, 11) is 1.62. The quantitative estimate of drug-likeness (QED) is 0.509. The number of hydrogen-bond acceptors (Lipinski definition) is 3. The lowest BCUT2D eigenvalue weighted by molar-refractivity contribution is 0.0963. The Labute approximate surface area is 141 Å². The standard InChI is InChI=1S/C19H32N2O2/c1-6-19(3,4)13-15(2)11-12-21-14-23-17-9-7-16(8-10-17)18(22)20-5/h7-10,15,21H,6,11-14H2,1-5H3,(H,20,22). The van der Waals surface area contributed by atoms with Gasteiger partial charge in [0, 0.05) is 12.6 Å². The zero-order chi connectivity index (χ0) is 17.3. The van der Waals surface area contributed by atoms with Crippen LogP contribution in [0.4, 0.5) is 0 Å². The summed E-state index contributed by atoms with van der Waals surface area (Å²) in [5.41, 5.74) is 1.07. The summed E-state index contributed by atoms with van der Waals surface area (Å²) < 4.78 is 5.64. The fourth-order valence-corrected chi connectivity index (χ4v) is 2.59. The smallest absolute Gasteiger partial charge is 0.251 e. The Hall–Kier alpha value is -1.55. The molecule has 1 rings (SSSR count). The summed E-state index contributed by atoms with van der Waals surface area (Å²) >= 11 is 0. The van der Waals surface area contributed by atoms with Gasteiger partial charge in [0.1, 0.15) is 12.5 Å². The molecule has 2 N–H and O–H groups in total. The third kappa shape index (κ3) is 7.51. The average Bonchev–Trinajstić information content (AvgIpc) is 2.54. The van der Waals surface area contributed by atoms with E-state index >= 15 is 0 Å². The van der Waals surface area contributed by atoms with E-state index in [4.69, 9.17) is 4.74 Å². The third-order valence-corrected chi connectivity index (χ3v) is 4.36. The lowest BCUT2D eigenvalue weighted by Gasteiger charge is -2.26. The molecule has 0 saturated heterocycles. The Bertz CT molecular complexity index is 469. The lowest BCUT2D eigenvalue weighted by Crippen LogP contribution is -2.24. The van der Waals surface area contributed by atoms with Gasteiger partial charge in [-0.3, -0.25) is 10.1 Å². The van der Waals surface area contributed by atoms with Crippen molar-refractivity contribution >= 4 is 5.91 Å². The molecular formula is C19H32N2O2. The first-order chi connectivity index (χ1) is 10.9. The minimum Gasteiger partial charge on any atom is -0.478 e. The molecule has 23 heavy (non-hydrogen) atoms. The summed E-state index contributed by atoms with van der Waals surface area (Å²) in [5, 5.41) is 5.91. The topological polar surface area (TPSA) is 50.4 Å². The maximum atomic E-state index is 11.4. The number of ether oxygens (including phenoxy) is 1. The van der Waals surface area contributed by atoms with Crippen LogP contribution in [0, 0.1) is 11.3 Å². The Balaban J connectivity index is 2.21. The molecule has 0 spiro atoms. The van der Waals surface area contributed by atoms with Gasteiger partial charge in [-0.05, 0) is 55.0 Å². The first kappa shape index (κ1) is 19.5. The van der Waals surface area contributed by atoms with Gasteiger partial charge < -0.3 is 10.1 Å². The first-order valence-corrected chi connectivity index (χ1v) is 8.53. The van der Waals surface area contributed by atoms with Gasteiger partial charge >= 0.3 is 0 Å². The van der Waals surface area contributed by atoms with Crippen molar-refractivity contribution in [2.45, 2.75) is 47.0 Å². The number of rotatable bonds is 10. The maximum absolute atomic E-state index is 11.4. The third-order valence-electron chi connectivity index (χ3n) is 4.36. The van der Waals surface area contributed by atoms with Gasteiger partial charge in [-0.15, -0.1) is 0 Å². The molecule has 1 unspecified atom stereocenters. The highest BCUT2D eigenvalue weighted by Gasteiger charge is 2.18. The molecule has 0 heterocycles. The van der Waals surface area contributed by atoms with E-state index in [0.717, 1.165) is 18.7 Å². The SMILES string of the molecule is CCC(C)(C)CC(C)CCNCOc1ccc(C(=O)NC)cc1. The van der Waals surface area contributed by atoms with Gasteiger partial charge in [-0.1, -0.05) is 34.1 Å². The van der Waals surface area contributed by atoms with Crippen LogP contribution in [-0.4, -0.2) is 26.2 Å². The van der Waals surface area contributed by atoms with E-state index in [9.17, 15) is 4.79 Å². The van der Waals surface area contributed by atoms with E-state index in [2.05, 4.69) is 38.3 Å². The highest BCUT2D eigenvalue weighted by Crippen LogP contribution is 2.29. The van der Waals surface area contributed by atoms with Crippen molar-refractivity contribution in [3.8, 4) is 5.75 Å². The van der Waals surface area contributed by atoms with Gasteiger partial charge in [0.25, 0.3) is 5.91 Å². The molecule has 4 nitrogen and oxygen atoms in total. The van der Waals surface area contributed by atoms with E-state index < -0.39 is 0 Å². The Morgan fingerprint density at radius 3 is 2.48 bits per heavy atom. The highest BCUT2D eigenvalue weighted by atomic mass is 16.5. The van der Waals surface area contributed by atoms with Crippen LogP contribution in [0.3, 0.4) is 0 Å². The summed E-state index contributed by atoms with van der Waals surface area (Å²) in [4.78, 5) is 11.4. The normalized spacial score (nSPS) is 12.7. The molecule has 4 heteroatoms. The molecule has 130 valence electrons. The Morgan fingerprint density at radius 2 is 1.91 bits per heavy atom. The van der Waals surface area contributed by atoms with Crippen LogP contribution in [0.15, 0.2) is 24.3 Å². The average molecular weight is 320 g/mol. The molecule has 1 aromatic carbocycles. The number of benzene rings is 1. The van der Waals surface area contributed by atoms with Gasteiger partial charge in [0.2, 0.25) is 0 Å². The van der Waals surface area contributed by atoms with Crippen LogP contribution < -0.4 is 15.4 Å². The molecule has 0 aliphatic carbocycles. The summed E-state index contributed by atoms with van der Waals surface area (Å²) in [6.07, 6.45) is 3.63. The minimum absolute atomic E-state index is 0.0846. The maximum Gasteiger partial charge on any atom is 0.251 e. The number of nitrogens with one attached hydrogen (secondary N) is 2. The molecule has 0 bridgehead atoms. The van der Waals surface area contributed by atoms with Crippen LogP contribution in [0.25, 0.3) is 0 Å². The van der Waals surface area contributed by atoms with Gasteiger partial charge in [0.15, 0.2) is 0 Å². The Morgan fingerprint density at radius 1 is 1.26 bits per heavy atom. The molecule has 0 aliphatic rings. The second-order valence-corrected chi connectivity index (χ2v) is 7.01. The number of carbonyl (C=O) groups is 1. The van der Waals surface area contributed by atoms with Crippen molar-refractivity contribution in [2.24, 2.45) is 11.3 Å². The fraction of sp³-hybridized carbons (Fsp3) is 0.632. The number of amides is 1. The van der Waals surface area contributed by atoms with E-state index in [-0.39, 0.29) is 5.91 Å². The van der Waals surface area contributed by atoms with Crippen molar-refractivity contribution in [1.82, 2.24) is 10.6 Å². The van der Waals surface area contributed by atoms with Crippen LogP contribution in [0.2, 0.25) is 0 Å². The highest BCUT2D eigenvalue weighted by molar-refractivity contribution is 5.94. The van der Waals surface area contributed by atoms with Crippen molar-refractivity contribution in [2.75, 3.05) is 20.3 Å². The molecule has 0 aromatic heterocycles. The summed E-state index contributed by atoms with van der Waals surface area (Å²) in [6.45, 7) is 10.7. The van der Waals surface area contributed by atoms with Gasteiger partial charge in [-0.25, -0.2) is 0 Å². The number of carbonyl (C=O) groups excluding carboxylic acids is 1. The molecule has 1 amide bonds. The molecule has 0 saturated carbocycles. The fourth-order valence-electron chi connectivity index (χ4n) is 2.59. The van der Waals surface area contributed by atoms with Crippen molar-refractivity contribution in [3.63, 3.8) is 0 Å². The van der Waals surface area contributed by atoms with Crippen LogP contribution >= 0.6 is 0 Å². The van der Waals surface area contributed by atoms with Crippen molar-refractivity contribution in [3.05, 3.63) is 29.8 Å². The number of hydrogen-bond donors (Lipinski definition) is 2. The molecule has 0 fully saturated rings. The first-order valence-electron chi connectivity index (χ1n) is 8.53. The lowest BCUT2D eigenvalue weighted by atomic mass is 9.80. The van der Waals surface area contributed by atoms with E-state index in [1.165, 1.54) is 12.8 Å². The van der Waals surface area contributed by atoms with E-state index in [0.29, 0.717) is 23.6 Å². The minimum atomic E-state index is -0.0846. The van der Waals surface area contributed by atoms with Crippen molar-refractivity contribution < 1.29 is 9.53 Å². The predicted molar refractivity (Wildman–Crippen MR) is 95.8 cm³/mol. The predicted octanol–water partition coefficient (Wildman–Crippen LogP) is 3.82. The monoisotopic (exact) mass is 320 g/mol. The molecule has 1 atom stereocenters. The van der Waals surface area contributed by atoms with E-state index in [1.54, 1.807) is 19.2 Å². The largest absolute Gasteiger partial charge is 0.478 e. The second-order valence-electron chi connectivity index (χ2n) is 7.01.